The Bertz CT molecular complexity index is 2780. The van der Waals surface area contributed by atoms with Crippen molar-refractivity contribution >= 4 is 62.8 Å². The number of carbonyl (C=O) groups is 5. The molecular weight excluding hydrogens is 833 g/mol. The number of rotatable bonds is 11. The maximum atomic E-state index is 13.9. The fourth-order valence-corrected chi connectivity index (χ4v) is 10.3. The number of likely N-dealkylation sites (tertiary alicyclic amines) is 1. The first-order valence-corrected chi connectivity index (χ1v) is 22.7. The summed E-state index contributed by atoms with van der Waals surface area (Å²) in [4.78, 5) is 85.6. The van der Waals surface area contributed by atoms with Crippen molar-refractivity contribution in [3.8, 4) is 0 Å². The predicted molar refractivity (Wildman–Crippen MR) is 239 cm³/mol. The highest BCUT2D eigenvalue weighted by atomic mass is 16.5. The third-order valence-corrected chi connectivity index (χ3v) is 14.0. The van der Waals surface area contributed by atoms with Gasteiger partial charge in [0.25, 0.3) is 5.91 Å². The van der Waals surface area contributed by atoms with E-state index in [9.17, 15) is 28.8 Å². The second-order valence-corrected chi connectivity index (χ2v) is 18.4. The first kappa shape index (κ1) is 42.4. The highest BCUT2D eigenvalue weighted by Crippen LogP contribution is 2.43. The molecule has 4 fully saturated rings. The minimum absolute atomic E-state index is 0.0486. The number of amides is 5. The molecule has 18 heteroatoms. The molecule has 5 aliphatic rings. The number of nitrogens with zero attached hydrogens (tertiary/aromatic N) is 9. The molecule has 3 aromatic heterocycles. The van der Waals surface area contributed by atoms with Gasteiger partial charge in [0.2, 0.25) is 23.6 Å². The average Bonchev–Trinajstić information content (AvgIpc) is 4.02. The maximum absolute atomic E-state index is 13.9. The monoisotopic (exact) mass is 886 g/mol. The number of hydrogen-bond acceptors (Lipinski definition) is 11. The number of piperidine rings is 2. The number of carbonyl (C=O) groups excluding carboxylic acids is 5. The molecule has 340 valence electrons. The van der Waals surface area contributed by atoms with Gasteiger partial charge in [-0.15, -0.1) is 5.10 Å². The summed E-state index contributed by atoms with van der Waals surface area (Å²) in [5, 5.41) is 11.0. The molecular formula is C47H54N10O8. The summed E-state index contributed by atoms with van der Waals surface area (Å²) in [5.74, 6) is -0.536. The lowest BCUT2D eigenvalue weighted by Gasteiger charge is -2.44. The van der Waals surface area contributed by atoms with Crippen molar-refractivity contribution in [3.05, 3.63) is 82.2 Å². The lowest BCUT2D eigenvalue weighted by atomic mass is 9.77. The number of ether oxygens (including phenoxy) is 1. The van der Waals surface area contributed by atoms with Crippen LogP contribution in [0.4, 0.5) is 5.69 Å². The number of nitrogens with one attached hydrogen (secondary N) is 1. The van der Waals surface area contributed by atoms with E-state index >= 15 is 0 Å². The molecule has 7 heterocycles. The topological polar surface area (TPSA) is 190 Å². The lowest BCUT2D eigenvalue weighted by molar-refractivity contribution is -0.141. The van der Waals surface area contributed by atoms with Crippen molar-refractivity contribution in [1.82, 2.24) is 44.1 Å². The smallest absolute Gasteiger partial charge is 0.329 e. The molecule has 5 amide bonds. The molecule has 1 aliphatic carbocycles. The van der Waals surface area contributed by atoms with E-state index in [2.05, 4.69) is 38.7 Å². The molecule has 1 atom stereocenters. The number of para-hydroxylation sites is 1. The SMILES string of the molecule is CN(C)C(=O)c1cc2cc(C3=CCCN(C(=O)CCn4ccnn4)C3)cc(N3CC(C(=O)N4CCC(OC5CC(c6cccc7c6n(C)c(=O)n7C6CCC(=O)NC6=O)C5)CC4)C3)c2o1. The van der Waals surface area contributed by atoms with Crippen LogP contribution in [0.15, 0.2) is 64.1 Å². The highest BCUT2D eigenvalue weighted by molar-refractivity contribution is 6.02. The molecule has 1 unspecified atom stereocenters. The largest absolute Gasteiger partial charge is 0.449 e. The molecule has 0 bridgehead atoms. The molecule has 0 radical (unpaired) electrons. The number of anilines is 1. The van der Waals surface area contributed by atoms with Crippen molar-refractivity contribution in [2.24, 2.45) is 13.0 Å². The van der Waals surface area contributed by atoms with Crippen LogP contribution in [0.3, 0.4) is 0 Å². The van der Waals surface area contributed by atoms with Gasteiger partial charge in [-0.3, -0.25) is 43.1 Å². The molecule has 1 N–H and O–H groups in total. The van der Waals surface area contributed by atoms with Gasteiger partial charge in [-0.25, -0.2) is 4.79 Å². The molecule has 5 aromatic rings. The van der Waals surface area contributed by atoms with Gasteiger partial charge in [0.05, 0.1) is 47.6 Å². The Morgan fingerprint density at radius 2 is 1.77 bits per heavy atom. The molecule has 1 saturated carbocycles. The normalized spacial score (nSPS) is 21.9. The first-order chi connectivity index (χ1) is 31.4. The Kier molecular flexibility index (Phi) is 11.2. The number of hydrogen-bond donors (Lipinski definition) is 1. The van der Waals surface area contributed by atoms with Crippen molar-refractivity contribution < 1.29 is 33.1 Å². The minimum Gasteiger partial charge on any atom is -0.449 e. The fraction of sp³-hybridized carbons (Fsp3) is 0.489. The van der Waals surface area contributed by atoms with Crippen LogP contribution in [0, 0.1) is 5.92 Å². The second-order valence-electron chi connectivity index (χ2n) is 18.4. The van der Waals surface area contributed by atoms with Crippen LogP contribution < -0.4 is 15.9 Å². The van der Waals surface area contributed by atoms with Gasteiger partial charge in [-0.2, -0.15) is 0 Å². The number of aryl methyl sites for hydroxylation is 2. The number of furan rings is 1. The van der Waals surface area contributed by atoms with Crippen molar-refractivity contribution in [2.45, 2.75) is 82.1 Å². The second kappa shape index (κ2) is 17.1. The molecule has 2 aromatic carbocycles. The fourth-order valence-electron chi connectivity index (χ4n) is 10.3. The first-order valence-electron chi connectivity index (χ1n) is 22.7. The van der Waals surface area contributed by atoms with Crippen molar-refractivity contribution in [1.29, 1.82) is 0 Å². The third-order valence-electron chi connectivity index (χ3n) is 14.0. The molecule has 18 nitrogen and oxygen atoms in total. The van der Waals surface area contributed by atoms with Crippen LogP contribution in [0.5, 0.6) is 0 Å². The van der Waals surface area contributed by atoms with Crippen LogP contribution in [0.25, 0.3) is 27.6 Å². The summed E-state index contributed by atoms with van der Waals surface area (Å²) in [6.45, 7) is 3.86. The number of imidazole rings is 1. The summed E-state index contributed by atoms with van der Waals surface area (Å²) in [7, 11) is 5.11. The summed E-state index contributed by atoms with van der Waals surface area (Å²) >= 11 is 0. The van der Waals surface area contributed by atoms with E-state index in [1.807, 2.05) is 28.0 Å². The van der Waals surface area contributed by atoms with Gasteiger partial charge < -0.3 is 28.8 Å². The zero-order chi connectivity index (χ0) is 45.1. The Morgan fingerprint density at radius 3 is 2.51 bits per heavy atom. The van der Waals surface area contributed by atoms with Gasteiger partial charge in [0.15, 0.2) is 11.3 Å². The van der Waals surface area contributed by atoms with Gasteiger partial charge in [-0.1, -0.05) is 23.4 Å². The Morgan fingerprint density at radius 1 is 0.969 bits per heavy atom. The van der Waals surface area contributed by atoms with Gasteiger partial charge in [0.1, 0.15) is 6.04 Å². The number of aromatic nitrogens is 5. The molecule has 65 heavy (non-hydrogen) atoms. The van der Waals surface area contributed by atoms with E-state index < -0.39 is 11.9 Å². The van der Waals surface area contributed by atoms with E-state index in [-0.39, 0.29) is 65.5 Å². The van der Waals surface area contributed by atoms with Crippen LogP contribution >= 0.6 is 0 Å². The van der Waals surface area contributed by atoms with Crippen LogP contribution in [0.2, 0.25) is 0 Å². The Labute approximate surface area is 374 Å². The number of imide groups is 1. The van der Waals surface area contributed by atoms with Gasteiger partial charge in [0, 0.05) is 84.8 Å². The summed E-state index contributed by atoms with van der Waals surface area (Å²) < 4.78 is 17.6. The zero-order valence-corrected chi connectivity index (χ0v) is 37.0. The van der Waals surface area contributed by atoms with E-state index in [1.165, 1.54) is 9.47 Å². The van der Waals surface area contributed by atoms with Crippen molar-refractivity contribution in [2.75, 3.05) is 58.3 Å². The van der Waals surface area contributed by atoms with Crippen LogP contribution in [-0.2, 0) is 37.5 Å². The summed E-state index contributed by atoms with van der Waals surface area (Å²) in [6.07, 6.45) is 10.3. The predicted octanol–water partition coefficient (Wildman–Crippen LogP) is 3.45. The quantitative estimate of drug-likeness (QED) is 0.191. The molecule has 4 aliphatic heterocycles. The van der Waals surface area contributed by atoms with Crippen LogP contribution in [-0.4, -0.2) is 134 Å². The number of fused-ring (bicyclic) bond motifs is 2. The third kappa shape index (κ3) is 8.01. The van der Waals surface area contributed by atoms with Gasteiger partial charge >= 0.3 is 5.69 Å². The minimum atomic E-state index is -0.725. The van der Waals surface area contributed by atoms with E-state index in [1.54, 1.807) is 48.9 Å². The van der Waals surface area contributed by atoms with Gasteiger partial charge in [-0.05, 0) is 85.4 Å². The highest BCUT2D eigenvalue weighted by Gasteiger charge is 2.41. The molecule has 10 rings (SSSR count). The van der Waals surface area contributed by atoms with Crippen molar-refractivity contribution in [3.63, 3.8) is 0 Å². The lowest BCUT2D eigenvalue weighted by Crippen LogP contribution is -2.56. The van der Waals surface area contributed by atoms with Crippen LogP contribution in [0.1, 0.15) is 85.0 Å². The molecule has 3 saturated heterocycles. The van der Waals surface area contributed by atoms with E-state index in [0.717, 1.165) is 65.4 Å². The molecule has 0 spiro atoms. The Balaban J connectivity index is 0.751. The Hall–Kier alpha value is -6.56. The maximum Gasteiger partial charge on any atom is 0.329 e. The standard InChI is InChI=1S/C47H54N10O8/c1-51(2)46(62)39-24-31-20-29(28-6-5-15-54(25-28)41(59)13-18-56-19-14-48-50-56)23-38(43(31)65-39)55-26-32(27-55)45(61)53-16-11-33(12-17-53)64-34-21-30(22-34)35-7-4-8-36-42(35)52(3)47(63)57(36)37-9-10-40(58)49-44(37)60/h4,6-8,14,19-20,23-24,30,32-34,37H,5,9-13,15-18,21-22,25-27H2,1-3H3,(H,49,58,60). The summed E-state index contributed by atoms with van der Waals surface area (Å²) in [5.41, 5.74) is 5.71. The zero-order valence-electron chi connectivity index (χ0n) is 37.0. The number of benzene rings is 2. The average molecular weight is 887 g/mol. The summed E-state index contributed by atoms with van der Waals surface area (Å²) in [6, 6.07) is 11.0. The van der Waals surface area contributed by atoms with E-state index in [0.29, 0.717) is 69.8 Å². The van der Waals surface area contributed by atoms with E-state index in [4.69, 9.17) is 9.15 Å².